The third-order valence-corrected chi connectivity index (χ3v) is 2.61. The number of carbonyl (C=O) groups excluding carboxylic acids is 1. The Morgan fingerprint density at radius 1 is 1.73 bits per heavy atom. The van der Waals surface area contributed by atoms with E-state index in [0.717, 1.165) is 19.4 Å². The minimum Gasteiger partial charge on any atom is -0.465 e. The van der Waals surface area contributed by atoms with Crippen LogP contribution < -0.4 is 5.73 Å². The fourth-order valence-electron chi connectivity index (χ4n) is 1.71. The van der Waals surface area contributed by atoms with E-state index < -0.39 is 18.1 Å². The van der Waals surface area contributed by atoms with Crippen LogP contribution in [0.25, 0.3) is 0 Å². The Hall–Kier alpha value is -0.650. The molecule has 88 valence electrons. The smallest absolute Gasteiger partial charge is 0.325 e. The van der Waals surface area contributed by atoms with Crippen molar-refractivity contribution in [2.24, 2.45) is 11.7 Å². The zero-order valence-corrected chi connectivity index (χ0v) is 9.02. The molecule has 15 heavy (non-hydrogen) atoms. The van der Waals surface area contributed by atoms with Crippen molar-refractivity contribution in [3.63, 3.8) is 0 Å². The molecule has 3 unspecified atom stereocenters. The maximum atomic E-state index is 11.3. The SMILES string of the molecule is CCOC(=O)C(N)C(O)C1CCCOC1. The summed E-state index contributed by atoms with van der Waals surface area (Å²) in [5, 5.41) is 9.83. The van der Waals surface area contributed by atoms with Crippen LogP contribution in [0.5, 0.6) is 0 Å². The average Bonchev–Trinajstić information content (AvgIpc) is 2.28. The normalized spacial score (nSPS) is 25.7. The molecule has 1 aliphatic heterocycles. The molecule has 0 aromatic carbocycles. The van der Waals surface area contributed by atoms with Crippen molar-refractivity contribution in [3.8, 4) is 0 Å². The van der Waals surface area contributed by atoms with Gasteiger partial charge in [0, 0.05) is 12.5 Å². The quantitative estimate of drug-likeness (QED) is 0.630. The van der Waals surface area contributed by atoms with Gasteiger partial charge in [-0.25, -0.2) is 0 Å². The molecule has 0 saturated carbocycles. The number of aliphatic hydroxyl groups is 1. The van der Waals surface area contributed by atoms with Gasteiger partial charge in [0.25, 0.3) is 0 Å². The number of nitrogens with two attached hydrogens (primary N) is 1. The highest BCUT2D eigenvalue weighted by Gasteiger charge is 2.32. The van der Waals surface area contributed by atoms with Gasteiger partial charge in [0.1, 0.15) is 6.04 Å². The minimum absolute atomic E-state index is 0.0573. The van der Waals surface area contributed by atoms with E-state index in [9.17, 15) is 9.90 Å². The Balaban J connectivity index is 2.43. The summed E-state index contributed by atoms with van der Waals surface area (Å²) in [5.74, 6) is -0.603. The molecule has 0 amide bonds. The predicted octanol–water partition coefficient (Wildman–Crippen LogP) is -0.336. The standard InChI is InChI=1S/C10H19NO4/c1-2-15-10(13)8(11)9(12)7-4-3-5-14-6-7/h7-9,12H,2-6,11H2,1H3. The van der Waals surface area contributed by atoms with Gasteiger partial charge in [-0.1, -0.05) is 0 Å². The van der Waals surface area contributed by atoms with Crippen molar-refractivity contribution in [2.45, 2.75) is 31.9 Å². The third-order valence-electron chi connectivity index (χ3n) is 2.61. The molecule has 3 atom stereocenters. The van der Waals surface area contributed by atoms with Crippen molar-refractivity contribution in [2.75, 3.05) is 19.8 Å². The zero-order valence-electron chi connectivity index (χ0n) is 9.02. The van der Waals surface area contributed by atoms with Crippen LogP contribution in [0.3, 0.4) is 0 Å². The molecule has 1 aliphatic rings. The predicted molar refractivity (Wildman–Crippen MR) is 54.2 cm³/mol. The van der Waals surface area contributed by atoms with Crippen LogP contribution in [-0.2, 0) is 14.3 Å². The van der Waals surface area contributed by atoms with Gasteiger partial charge in [-0.2, -0.15) is 0 Å². The lowest BCUT2D eigenvalue weighted by atomic mass is 9.91. The van der Waals surface area contributed by atoms with Crippen LogP contribution in [0.4, 0.5) is 0 Å². The second kappa shape index (κ2) is 6.05. The lowest BCUT2D eigenvalue weighted by Crippen LogP contribution is -2.48. The van der Waals surface area contributed by atoms with Gasteiger partial charge in [-0.05, 0) is 19.8 Å². The maximum absolute atomic E-state index is 11.3. The summed E-state index contributed by atoms with van der Waals surface area (Å²) in [4.78, 5) is 11.3. The topological polar surface area (TPSA) is 81.8 Å². The lowest BCUT2D eigenvalue weighted by Gasteiger charge is -2.29. The minimum atomic E-state index is -0.961. The number of carbonyl (C=O) groups is 1. The molecular formula is C10H19NO4. The Morgan fingerprint density at radius 2 is 2.47 bits per heavy atom. The summed E-state index contributed by atoms with van der Waals surface area (Å²) in [6.07, 6.45) is 0.871. The van der Waals surface area contributed by atoms with Gasteiger partial charge < -0.3 is 20.3 Å². The summed E-state index contributed by atoms with van der Waals surface area (Å²) in [6, 6.07) is -0.961. The summed E-state index contributed by atoms with van der Waals surface area (Å²) in [6.45, 7) is 3.17. The lowest BCUT2D eigenvalue weighted by molar-refractivity contribution is -0.149. The fraction of sp³-hybridized carbons (Fsp3) is 0.900. The summed E-state index contributed by atoms with van der Waals surface area (Å²) in [5.41, 5.74) is 5.60. The van der Waals surface area contributed by atoms with Gasteiger partial charge in [0.15, 0.2) is 0 Å². The Kier molecular flexibility index (Phi) is 5.01. The highest BCUT2D eigenvalue weighted by Crippen LogP contribution is 2.19. The summed E-state index contributed by atoms with van der Waals surface area (Å²) in [7, 11) is 0. The number of aliphatic hydroxyl groups excluding tert-OH is 1. The van der Waals surface area contributed by atoms with Gasteiger partial charge in [0.2, 0.25) is 0 Å². The van der Waals surface area contributed by atoms with Crippen molar-refractivity contribution < 1.29 is 19.4 Å². The first-order chi connectivity index (χ1) is 7.16. The van der Waals surface area contributed by atoms with E-state index in [4.69, 9.17) is 15.2 Å². The average molecular weight is 217 g/mol. The third kappa shape index (κ3) is 3.44. The molecule has 1 heterocycles. The van der Waals surface area contributed by atoms with Crippen molar-refractivity contribution >= 4 is 5.97 Å². The van der Waals surface area contributed by atoms with Crippen molar-refractivity contribution in [3.05, 3.63) is 0 Å². The van der Waals surface area contributed by atoms with Crippen LogP contribution >= 0.6 is 0 Å². The van der Waals surface area contributed by atoms with Gasteiger partial charge in [-0.3, -0.25) is 4.79 Å². The number of hydrogen-bond donors (Lipinski definition) is 2. The Bertz CT molecular complexity index is 204. The van der Waals surface area contributed by atoms with Crippen LogP contribution in [0.1, 0.15) is 19.8 Å². The van der Waals surface area contributed by atoms with E-state index in [1.807, 2.05) is 0 Å². The molecule has 0 aromatic rings. The van der Waals surface area contributed by atoms with Crippen LogP contribution in [0, 0.1) is 5.92 Å². The van der Waals surface area contributed by atoms with Gasteiger partial charge in [-0.15, -0.1) is 0 Å². The summed E-state index contributed by atoms with van der Waals surface area (Å²) < 4.78 is 9.98. The number of ether oxygens (including phenoxy) is 2. The van der Waals surface area contributed by atoms with E-state index in [1.54, 1.807) is 6.92 Å². The monoisotopic (exact) mass is 217 g/mol. The molecule has 3 N–H and O–H groups in total. The van der Waals surface area contributed by atoms with Crippen molar-refractivity contribution in [1.29, 1.82) is 0 Å². The second-order valence-corrected chi connectivity index (χ2v) is 3.75. The van der Waals surface area contributed by atoms with Gasteiger partial charge in [0.05, 0.1) is 19.3 Å². The molecule has 1 fully saturated rings. The Labute approximate surface area is 89.5 Å². The van der Waals surface area contributed by atoms with E-state index in [2.05, 4.69) is 0 Å². The molecule has 0 aromatic heterocycles. The molecule has 0 radical (unpaired) electrons. The van der Waals surface area contributed by atoms with E-state index in [-0.39, 0.29) is 12.5 Å². The first-order valence-corrected chi connectivity index (χ1v) is 5.34. The first-order valence-electron chi connectivity index (χ1n) is 5.34. The zero-order chi connectivity index (χ0) is 11.3. The molecular weight excluding hydrogens is 198 g/mol. The van der Waals surface area contributed by atoms with Crippen LogP contribution in [0.15, 0.2) is 0 Å². The fourth-order valence-corrected chi connectivity index (χ4v) is 1.71. The van der Waals surface area contributed by atoms with Crippen molar-refractivity contribution in [1.82, 2.24) is 0 Å². The maximum Gasteiger partial charge on any atom is 0.325 e. The molecule has 1 rings (SSSR count). The van der Waals surface area contributed by atoms with Crippen LogP contribution in [-0.4, -0.2) is 43.0 Å². The Morgan fingerprint density at radius 3 is 3.00 bits per heavy atom. The van der Waals surface area contributed by atoms with E-state index >= 15 is 0 Å². The number of rotatable bonds is 4. The number of hydrogen-bond acceptors (Lipinski definition) is 5. The largest absolute Gasteiger partial charge is 0.465 e. The van der Waals surface area contributed by atoms with E-state index in [1.165, 1.54) is 0 Å². The van der Waals surface area contributed by atoms with Crippen LogP contribution in [0.2, 0.25) is 0 Å². The first kappa shape index (κ1) is 12.4. The number of esters is 1. The highest BCUT2D eigenvalue weighted by molar-refractivity contribution is 5.76. The molecule has 1 saturated heterocycles. The molecule has 5 heteroatoms. The summed E-state index contributed by atoms with van der Waals surface area (Å²) >= 11 is 0. The second-order valence-electron chi connectivity index (χ2n) is 3.75. The molecule has 0 bridgehead atoms. The molecule has 0 aliphatic carbocycles. The molecule has 5 nitrogen and oxygen atoms in total. The van der Waals surface area contributed by atoms with E-state index in [0.29, 0.717) is 6.61 Å². The highest BCUT2D eigenvalue weighted by atomic mass is 16.5. The van der Waals surface area contributed by atoms with Gasteiger partial charge >= 0.3 is 5.97 Å². The molecule has 0 spiro atoms.